The van der Waals surface area contributed by atoms with E-state index in [1.54, 1.807) is 0 Å². The van der Waals surface area contributed by atoms with Gasteiger partial charge in [-0.2, -0.15) is 0 Å². The highest BCUT2D eigenvalue weighted by atomic mass is 16.3. The molecule has 284 valence electrons. The van der Waals surface area contributed by atoms with Crippen LogP contribution in [-0.4, -0.2) is 0 Å². The summed E-state index contributed by atoms with van der Waals surface area (Å²) in [5.74, 6) is 0. The molecule has 0 aliphatic carbocycles. The number of para-hydroxylation sites is 1. The number of furan rings is 1. The number of hydrogen-bond donors (Lipinski definition) is 0. The Balaban J connectivity index is 1.13. The van der Waals surface area contributed by atoms with Crippen LogP contribution in [0.2, 0.25) is 0 Å². The van der Waals surface area contributed by atoms with Crippen molar-refractivity contribution in [1.29, 1.82) is 0 Å². The largest absolute Gasteiger partial charge is 0.456 e. The summed E-state index contributed by atoms with van der Waals surface area (Å²) >= 11 is 0. The topological polar surface area (TPSA) is 13.1 Å². The molecule has 12 aromatic rings. The molecule has 1 heterocycles. The third-order valence-corrected chi connectivity index (χ3v) is 12.4. The van der Waals surface area contributed by atoms with Crippen LogP contribution < -0.4 is 0 Å². The molecule has 0 aliphatic rings. The first-order chi connectivity index (χ1) is 30.2. The molecule has 1 heteroatoms. The zero-order valence-corrected chi connectivity index (χ0v) is 33.3. The van der Waals surface area contributed by atoms with Crippen molar-refractivity contribution in [2.45, 2.75) is 0 Å². The number of fused-ring (bicyclic) bond motifs is 6. The number of hydrogen-bond acceptors (Lipinski definition) is 1. The van der Waals surface area contributed by atoms with Crippen molar-refractivity contribution in [3.63, 3.8) is 0 Å². The SMILES string of the molecule is c1ccc(-c2ccc3c(-c4cccc(-c5ccc6oc7ccccc7c6c5)c4)c4cc(-c5ccccc5)ccc4c(-c4cccc(-c5ccc6ccccc6c5)c4)c3c2)cc1. The normalized spacial score (nSPS) is 11.6. The van der Waals surface area contributed by atoms with Crippen LogP contribution in [0.5, 0.6) is 0 Å². The molecule has 1 aromatic heterocycles. The Morgan fingerprint density at radius 2 is 0.623 bits per heavy atom. The van der Waals surface area contributed by atoms with Crippen LogP contribution in [0.25, 0.3) is 121 Å². The molecule has 11 aromatic carbocycles. The lowest BCUT2D eigenvalue weighted by atomic mass is 9.83. The lowest BCUT2D eigenvalue weighted by Gasteiger charge is -2.20. The van der Waals surface area contributed by atoms with Crippen LogP contribution in [0, 0.1) is 0 Å². The smallest absolute Gasteiger partial charge is 0.135 e. The van der Waals surface area contributed by atoms with E-state index in [0.29, 0.717) is 0 Å². The Bertz CT molecular complexity index is 3630. The molecule has 0 amide bonds. The highest BCUT2D eigenvalue weighted by Crippen LogP contribution is 2.47. The molecule has 0 atom stereocenters. The average molecular weight is 775 g/mol. The van der Waals surface area contributed by atoms with E-state index >= 15 is 0 Å². The van der Waals surface area contributed by atoms with Gasteiger partial charge in [-0.15, -0.1) is 0 Å². The molecule has 0 saturated carbocycles. The van der Waals surface area contributed by atoms with Crippen molar-refractivity contribution in [3.05, 3.63) is 231 Å². The molecule has 0 unspecified atom stereocenters. The summed E-state index contributed by atoms with van der Waals surface area (Å²) in [5.41, 5.74) is 16.2. The van der Waals surface area contributed by atoms with Gasteiger partial charge in [0.2, 0.25) is 0 Å². The summed E-state index contributed by atoms with van der Waals surface area (Å²) in [6.45, 7) is 0. The lowest BCUT2D eigenvalue weighted by Crippen LogP contribution is -1.93. The summed E-state index contributed by atoms with van der Waals surface area (Å²) < 4.78 is 6.22. The van der Waals surface area contributed by atoms with Gasteiger partial charge in [0.15, 0.2) is 0 Å². The fourth-order valence-corrected chi connectivity index (χ4v) is 9.45. The number of rotatable bonds is 6. The highest BCUT2D eigenvalue weighted by Gasteiger charge is 2.20. The lowest BCUT2D eigenvalue weighted by molar-refractivity contribution is 0.669. The Labute approximate surface area is 354 Å². The second kappa shape index (κ2) is 14.4. The zero-order chi connectivity index (χ0) is 40.3. The minimum absolute atomic E-state index is 0.904. The van der Waals surface area contributed by atoms with E-state index < -0.39 is 0 Å². The van der Waals surface area contributed by atoms with Crippen molar-refractivity contribution < 1.29 is 4.42 Å². The van der Waals surface area contributed by atoms with Crippen LogP contribution in [0.15, 0.2) is 235 Å². The maximum Gasteiger partial charge on any atom is 0.135 e. The third kappa shape index (κ3) is 6.10. The fourth-order valence-electron chi connectivity index (χ4n) is 9.45. The van der Waals surface area contributed by atoms with Crippen molar-refractivity contribution in [2.24, 2.45) is 0 Å². The first-order valence-electron chi connectivity index (χ1n) is 21.0. The van der Waals surface area contributed by atoms with Crippen LogP contribution in [-0.2, 0) is 0 Å². The molecule has 0 N–H and O–H groups in total. The molecule has 0 saturated heterocycles. The van der Waals surface area contributed by atoms with E-state index in [0.717, 1.165) is 27.5 Å². The minimum Gasteiger partial charge on any atom is -0.456 e. The Morgan fingerprint density at radius 3 is 1.26 bits per heavy atom. The van der Waals surface area contributed by atoms with Gasteiger partial charge < -0.3 is 4.42 Å². The van der Waals surface area contributed by atoms with Crippen molar-refractivity contribution in [2.75, 3.05) is 0 Å². The van der Waals surface area contributed by atoms with Gasteiger partial charge in [0.1, 0.15) is 11.2 Å². The molecule has 0 aliphatic heterocycles. The summed E-state index contributed by atoms with van der Waals surface area (Å²) in [6, 6.07) is 84.1. The van der Waals surface area contributed by atoms with Gasteiger partial charge in [-0.05, 0) is 148 Å². The Hall–Kier alpha value is -8.00. The average Bonchev–Trinajstić information content (AvgIpc) is 3.71. The predicted molar refractivity (Wildman–Crippen MR) is 259 cm³/mol. The van der Waals surface area contributed by atoms with E-state index in [4.69, 9.17) is 4.42 Å². The van der Waals surface area contributed by atoms with E-state index in [9.17, 15) is 0 Å². The van der Waals surface area contributed by atoms with E-state index in [-0.39, 0.29) is 0 Å². The van der Waals surface area contributed by atoms with Crippen LogP contribution in [0.4, 0.5) is 0 Å². The zero-order valence-electron chi connectivity index (χ0n) is 33.3. The van der Waals surface area contributed by atoms with Crippen LogP contribution in [0.1, 0.15) is 0 Å². The maximum atomic E-state index is 6.22. The molecule has 0 spiro atoms. The predicted octanol–water partition coefficient (Wildman–Crippen LogP) is 17.0. The Morgan fingerprint density at radius 1 is 0.197 bits per heavy atom. The second-order valence-electron chi connectivity index (χ2n) is 16.0. The minimum atomic E-state index is 0.904. The highest BCUT2D eigenvalue weighted by molar-refractivity contribution is 6.23. The molecular weight excluding hydrogens is 737 g/mol. The summed E-state index contributed by atoms with van der Waals surface area (Å²) in [4.78, 5) is 0. The van der Waals surface area contributed by atoms with Crippen molar-refractivity contribution in [1.82, 2.24) is 0 Å². The van der Waals surface area contributed by atoms with Gasteiger partial charge in [0, 0.05) is 10.8 Å². The first-order valence-corrected chi connectivity index (χ1v) is 21.0. The van der Waals surface area contributed by atoms with Gasteiger partial charge in [0.25, 0.3) is 0 Å². The van der Waals surface area contributed by atoms with Gasteiger partial charge in [-0.3, -0.25) is 0 Å². The van der Waals surface area contributed by atoms with Gasteiger partial charge in [-0.1, -0.05) is 182 Å². The van der Waals surface area contributed by atoms with Crippen molar-refractivity contribution in [3.8, 4) is 66.8 Å². The molecular formula is C60H38O. The Kier molecular flexibility index (Phi) is 8.25. The van der Waals surface area contributed by atoms with Gasteiger partial charge >= 0.3 is 0 Å². The standard InChI is InChI=1S/C60H38O/c1-3-13-39(14-4-1)46-28-31-53-55(37-46)59(49-21-11-19-43(34-49)45-26-25-41-17-7-8-18-42(41)33-45)52-30-27-47(40-15-5-2-6-16-40)38-56(52)60(53)50-22-12-20-44(35-50)48-29-32-58-54(36-48)51-23-9-10-24-57(51)61-58/h1-38H. The van der Waals surface area contributed by atoms with Gasteiger partial charge in [-0.25, -0.2) is 0 Å². The third-order valence-electron chi connectivity index (χ3n) is 12.4. The summed E-state index contributed by atoms with van der Waals surface area (Å²) in [7, 11) is 0. The molecule has 1 nitrogen and oxygen atoms in total. The summed E-state index contributed by atoms with van der Waals surface area (Å²) in [5, 5.41) is 9.64. The van der Waals surface area contributed by atoms with E-state index in [1.807, 2.05) is 12.1 Å². The monoisotopic (exact) mass is 774 g/mol. The van der Waals surface area contributed by atoms with E-state index in [1.165, 1.54) is 93.5 Å². The van der Waals surface area contributed by atoms with Crippen molar-refractivity contribution >= 4 is 54.3 Å². The van der Waals surface area contributed by atoms with Gasteiger partial charge in [0.05, 0.1) is 0 Å². The molecule has 0 fully saturated rings. The van der Waals surface area contributed by atoms with E-state index in [2.05, 4.69) is 218 Å². The molecule has 12 rings (SSSR count). The van der Waals surface area contributed by atoms with Crippen LogP contribution >= 0.6 is 0 Å². The number of benzene rings is 11. The molecule has 0 radical (unpaired) electrons. The molecule has 61 heavy (non-hydrogen) atoms. The second-order valence-corrected chi connectivity index (χ2v) is 16.0. The fraction of sp³-hybridized carbons (Fsp3) is 0. The maximum absolute atomic E-state index is 6.22. The summed E-state index contributed by atoms with van der Waals surface area (Å²) in [6.07, 6.45) is 0. The molecule has 0 bridgehead atoms. The quantitative estimate of drug-likeness (QED) is 0.153. The van der Waals surface area contributed by atoms with Crippen LogP contribution in [0.3, 0.4) is 0 Å². The first kappa shape index (κ1) is 35.0.